The van der Waals surface area contributed by atoms with E-state index in [-0.39, 0.29) is 19.0 Å². The van der Waals surface area contributed by atoms with E-state index in [1.165, 1.54) is 6.92 Å². The zero-order valence-corrected chi connectivity index (χ0v) is 13.3. The fraction of sp³-hybridized carbons (Fsp3) is 0.294. The Balaban J connectivity index is 2.37. The minimum atomic E-state index is -0.559. The largest absolute Gasteiger partial charge is 0.497 e. The molecule has 0 atom stereocenters. The zero-order valence-electron chi connectivity index (χ0n) is 13.3. The summed E-state index contributed by atoms with van der Waals surface area (Å²) >= 11 is 0. The molecule has 0 bridgehead atoms. The van der Waals surface area contributed by atoms with Crippen molar-refractivity contribution in [2.24, 2.45) is 0 Å². The fourth-order valence-electron chi connectivity index (χ4n) is 2.02. The Labute approximate surface area is 134 Å². The Morgan fingerprint density at radius 1 is 1.13 bits per heavy atom. The Kier molecular flexibility index (Phi) is 5.41. The van der Waals surface area contributed by atoms with Crippen LogP contribution in [-0.2, 0) is 20.9 Å². The van der Waals surface area contributed by atoms with Crippen LogP contribution in [0.3, 0.4) is 0 Å². The number of furan rings is 1. The molecule has 0 unspecified atom stereocenters. The number of ether oxygens (including phenoxy) is 3. The summed E-state index contributed by atoms with van der Waals surface area (Å²) in [6.07, 6.45) is 0. The zero-order chi connectivity index (χ0) is 16.8. The Morgan fingerprint density at radius 3 is 2.39 bits per heavy atom. The highest BCUT2D eigenvalue weighted by Gasteiger charge is 2.19. The average Bonchev–Trinajstić information content (AvgIpc) is 2.97. The Morgan fingerprint density at radius 2 is 1.83 bits per heavy atom. The highest BCUT2D eigenvalue weighted by atomic mass is 16.6. The van der Waals surface area contributed by atoms with E-state index >= 15 is 0 Å². The van der Waals surface area contributed by atoms with Crippen molar-refractivity contribution in [3.63, 3.8) is 0 Å². The third-order valence-corrected chi connectivity index (χ3v) is 3.09. The molecule has 122 valence electrons. The molecule has 2 aromatic rings. The van der Waals surface area contributed by atoms with Crippen molar-refractivity contribution >= 4 is 11.9 Å². The lowest BCUT2D eigenvalue weighted by molar-refractivity contribution is -0.142. The maximum absolute atomic E-state index is 11.8. The van der Waals surface area contributed by atoms with E-state index < -0.39 is 11.9 Å². The van der Waals surface area contributed by atoms with Gasteiger partial charge >= 0.3 is 11.9 Å². The van der Waals surface area contributed by atoms with Gasteiger partial charge in [0.25, 0.3) is 0 Å². The second kappa shape index (κ2) is 7.49. The monoisotopic (exact) mass is 318 g/mol. The van der Waals surface area contributed by atoms with Crippen LogP contribution in [0.4, 0.5) is 0 Å². The molecule has 2 rings (SSSR count). The van der Waals surface area contributed by atoms with Crippen LogP contribution < -0.4 is 4.74 Å². The lowest BCUT2D eigenvalue weighted by atomic mass is 10.1. The van der Waals surface area contributed by atoms with Gasteiger partial charge in [-0.1, -0.05) is 12.1 Å². The van der Waals surface area contributed by atoms with Crippen molar-refractivity contribution in [1.82, 2.24) is 0 Å². The lowest BCUT2D eigenvalue weighted by Gasteiger charge is -2.04. The molecule has 6 nitrogen and oxygen atoms in total. The molecule has 0 amide bonds. The van der Waals surface area contributed by atoms with E-state index in [1.807, 2.05) is 12.1 Å². The van der Waals surface area contributed by atoms with Crippen LogP contribution in [-0.4, -0.2) is 25.7 Å². The highest BCUT2D eigenvalue weighted by Crippen LogP contribution is 2.30. The number of hydrogen-bond donors (Lipinski definition) is 0. The topological polar surface area (TPSA) is 75.0 Å². The molecule has 0 aliphatic rings. The standard InChI is InChI=1S/C17H18O6/c1-4-21-17(19)15-9-14(16(23-15)10-22-11(2)18)12-5-7-13(20-3)8-6-12/h5-9H,4,10H2,1-3H3. The van der Waals surface area contributed by atoms with E-state index in [0.717, 1.165) is 5.56 Å². The minimum absolute atomic E-state index is 0.0594. The smallest absolute Gasteiger partial charge is 0.374 e. The van der Waals surface area contributed by atoms with Gasteiger partial charge in [-0.15, -0.1) is 0 Å². The van der Waals surface area contributed by atoms with Crippen LogP contribution in [0.2, 0.25) is 0 Å². The van der Waals surface area contributed by atoms with E-state index in [1.54, 1.807) is 32.2 Å². The van der Waals surface area contributed by atoms with Crippen molar-refractivity contribution < 1.29 is 28.2 Å². The SMILES string of the molecule is CCOC(=O)c1cc(-c2ccc(OC)cc2)c(COC(C)=O)o1. The first-order valence-corrected chi connectivity index (χ1v) is 7.12. The molecular formula is C17H18O6. The molecular weight excluding hydrogens is 300 g/mol. The molecule has 0 saturated carbocycles. The van der Waals surface area contributed by atoms with Crippen LogP contribution in [0.15, 0.2) is 34.7 Å². The van der Waals surface area contributed by atoms with Gasteiger partial charge in [-0.05, 0) is 30.7 Å². The number of rotatable bonds is 6. The van der Waals surface area contributed by atoms with Crippen LogP contribution in [0.5, 0.6) is 5.75 Å². The summed E-state index contributed by atoms with van der Waals surface area (Å²) in [4.78, 5) is 22.9. The normalized spacial score (nSPS) is 10.2. The van der Waals surface area contributed by atoms with Crippen LogP contribution in [0.25, 0.3) is 11.1 Å². The lowest BCUT2D eigenvalue weighted by Crippen LogP contribution is -2.03. The summed E-state index contributed by atoms with van der Waals surface area (Å²) in [6.45, 7) is 3.21. The van der Waals surface area contributed by atoms with E-state index in [2.05, 4.69) is 0 Å². The molecule has 0 radical (unpaired) electrons. The summed E-state index contributed by atoms with van der Waals surface area (Å²) in [5.74, 6) is 0.175. The van der Waals surface area contributed by atoms with Crippen molar-refractivity contribution in [2.45, 2.75) is 20.5 Å². The Hall–Kier alpha value is -2.76. The number of benzene rings is 1. The number of carbonyl (C=O) groups is 2. The van der Waals surface area contributed by atoms with Crippen LogP contribution in [0, 0.1) is 0 Å². The molecule has 0 aliphatic heterocycles. The summed E-state index contributed by atoms with van der Waals surface area (Å²) in [6, 6.07) is 8.83. The van der Waals surface area contributed by atoms with Gasteiger partial charge in [0.05, 0.1) is 13.7 Å². The van der Waals surface area contributed by atoms with Gasteiger partial charge in [0.15, 0.2) is 0 Å². The number of methoxy groups -OCH3 is 1. The van der Waals surface area contributed by atoms with Crippen molar-refractivity contribution in [3.05, 3.63) is 41.9 Å². The van der Waals surface area contributed by atoms with E-state index in [4.69, 9.17) is 18.6 Å². The molecule has 1 heterocycles. The third kappa shape index (κ3) is 4.12. The van der Waals surface area contributed by atoms with Gasteiger partial charge in [-0.25, -0.2) is 4.79 Å². The molecule has 1 aromatic heterocycles. The predicted octanol–water partition coefficient (Wildman–Crippen LogP) is 3.20. The van der Waals surface area contributed by atoms with Gasteiger partial charge in [0, 0.05) is 12.5 Å². The fourth-order valence-corrected chi connectivity index (χ4v) is 2.02. The molecule has 0 N–H and O–H groups in total. The number of esters is 2. The molecule has 0 fully saturated rings. The molecule has 6 heteroatoms. The van der Waals surface area contributed by atoms with Crippen molar-refractivity contribution in [3.8, 4) is 16.9 Å². The summed E-state index contributed by atoms with van der Waals surface area (Å²) in [5, 5.41) is 0. The second-order valence-electron chi connectivity index (χ2n) is 4.68. The first-order chi connectivity index (χ1) is 11.0. The maximum Gasteiger partial charge on any atom is 0.374 e. The van der Waals surface area contributed by atoms with Crippen molar-refractivity contribution in [1.29, 1.82) is 0 Å². The van der Waals surface area contributed by atoms with E-state index in [0.29, 0.717) is 17.1 Å². The quantitative estimate of drug-likeness (QED) is 0.761. The summed E-state index contributed by atoms with van der Waals surface area (Å²) < 4.78 is 20.5. The van der Waals surface area contributed by atoms with Crippen LogP contribution in [0.1, 0.15) is 30.2 Å². The van der Waals surface area contributed by atoms with E-state index in [9.17, 15) is 9.59 Å². The summed E-state index contributed by atoms with van der Waals surface area (Å²) in [5.41, 5.74) is 1.48. The molecule has 0 spiro atoms. The molecule has 23 heavy (non-hydrogen) atoms. The first kappa shape index (κ1) is 16.6. The molecule has 1 aromatic carbocycles. The minimum Gasteiger partial charge on any atom is -0.497 e. The number of carbonyl (C=O) groups excluding carboxylic acids is 2. The second-order valence-corrected chi connectivity index (χ2v) is 4.68. The van der Waals surface area contributed by atoms with Crippen LogP contribution >= 0.6 is 0 Å². The van der Waals surface area contributed by atoms with Gasteiger partial charge in [0.2, 0.25) is 5.76 Å². The van der Waals surface area contributed by atoms with Gasteiger partial charge in [-0.3, -0.25) is 4.79 Å². The summed E-state index contributed by atoms with van der Waals surface area (Å²) in [7, 11) is 1.58. The van der Waals surface area contributed by atoms with Gasteiger partial charge < -0.3 is 18.6 Å². The average molecular weight is 318 g/mol. The Bertz CT molecular complexity index is 684. The van der Waals surface area contributed by atoms with Gasteiger partial charge in [0.1, 0.15) is 18.1 Å². The number of hydrogen-bond acceptors (Lipinski definition) is 6. The molecule has 0 saturated heterocycles. The highest BCUT2D eigenvalue weighted by molar-refractivity contribution is 5.88. The molecule has 0 aliphatic carbocycles. The third-order valence-electron chi connectivity index (χ3n) is 3.09. The van der Waals surface area contributed by atoms with Crippen molar-refractivity contribution in [2.75, 3.05) is 13.7 Å². The predicted molar refractivity (Wildman–Crippen MR) is 82.1 cm³/mol. The van der Waals surface area contributed by atoms with Gasteiger partial charge in [-0.2, -0.15) is 0 Å². The first-order valence-electron chi connectivity index (χ1n) is 7.12. The maximum atomic E-state index is 11.8.